The van der Waals surface area contributed by atoms with Crippen LogP contribution in [0.15, 0.2) is 21.8 Å². The number of nitrogens with one attached hydrogen (secondary N) is 1. The van der Waals surface area contributed by atoms with Crippen LogP contribution in [0.2, 0.25) is 0 Å². The normalized spacial score (nSPS) is 20.1. The van der Waals surface area contributed by atoms with Crippen molar-refractivity contribution in [1.29, 1.82) is 0 Å². The predicted octanol–water partition coefficient (Wildman–Crippen LogP) is -0.619. The van der Waals surface area contributed by atoms with Crippen LogP contribution in [0.5, 0.6) is 0 Å². The summed E-state index contributed by atoms with van der Waals surface area (Å²) in [5, 5.41) is 16.8. The summed E-state index contributed by atoms with van der Waals surface area (Å²) >= 11 is 2.31. The average Bonchev–Trinajstić information content (AvgIpc) is 3.18. The molecule has 2 amide bonds. The zero-order valence-corrected chi connectivity index (χ0v) is 18.2. The van der Waals surface area contributed by atoms with Gasteiger partial charge in [-0.25, -0.2) is 9.78 Å². The number of nitrogens with zero attached hydrogens (tertiary/aromatic N) is 3. The van der Waals surface area contributed by atoms with Crippen LogP contribution in [-0.2, 0) is 28.8 Å². The maximum absolute atomic E-state index is 12.8. The quantitative estimate of drug-likeness (QED) is 0.109. The molecule has 2 aliphatic heterocycles. The van der Waals surface area contributed by atoms with E-state index in [0.717, 1.165) is 16.2 Å². The minimum absolute atomic E-state index is 0.136. The van der Waals surface area contributed by atoms with Gasteiger partial charge >= 0.3 is 11.9 Å². The molecule has 0 aromatic carbocycles. The fraction of sp³-hybridized carbons (Fsp3) is 0.333. The molecule has 1 fully saturated rings. The minimum Gasteiger partial charge on any atom is -0.477 e. The van der Waals surface area contributed by atoms with E-state index < -0.39 is 35.2 Å². The lowest BCUT2D eigenvalue weighted by molar-refractivity contribution is -0.150. The van der Waals surface area contributed by atoms with Gasteiger partial charge in [-0.3, -0.25) is 19.3 Å². The van der Waals surface area contributed by atoms with Crippen LogP contribution in [0.4, 0.5) is 5.13 Å². The number of carboxylic acids is 1. The number of oxime groups is 1. The Kier molecular flexibility index (Phi) is 7.01. The second-order valence-corrected chi connectivity index (χ2v) is 8.38. The summed E-state index contributed by atoms with van der Waals surface area (Å²) in [6.45, 7) is 0.761. The highest BCUT2D eigenvalue weighted by Crippen LogP contribution is 2.40. The number of thioether (sulfide) groups is 1. The molecule has 1 saturated heterocycles. The van der Waals surface area contributed by atoms with E-state index in [1.807, 2.05) is 0 Å². The molecular weight excluding hydrogens is 462 g/mol. The van der Waals surface area contributed by atoms with Crippen LogP contribution in [0.1, 0.15) is 12.6 Å². The number of nitrogens with two attached hydrogens (primary N) is 1. The van der Waals surface area contributed by atoms with Gasteiger partial charge in [0.15, 0.2) is 17.5 Å². The topological polar surface area (TPSA) is 174 Å². The third kappa shape index (κ3) is 4.68. The third-order valence-corrected chi connectivity index (χ3v) is 6.28. The first kappa shape index (κ1) is 23.1. The second-order valence-electron chi connectivity index (χ2n) is 6.39. The summed E-state index contributed by atoms with van der Waals surface area (Å²) in [7, 11) is 0. The molecule has 2 aliphatic rings. The highest BCUT2D eigenvalue weighted by molar-refractivity contribution is 8.00. The van der Waals surface area contributed by atoms with Crippen molar-refractivity contribution in [2.45, 2.75) is 18.3 Å². The number of fused-ring (bicyclic) bond motifs is 1. The molecule has 1 aromatic rings. The molecule has 0 saturated carbocycles. The number of terminal acetylenes is 1. The van der Waals surface area contributed by atoms with Crippen LogP contribution in [0.3, 0.4) is 0 Å². The van der Waals surface area contributed by atoms with Crippen molar-refractivity contribution in [2.24, 2.45) is 5.16 Å². The fourth-order valence-corrected chi connectivity index (χ4v) is 4.80. The number of esters is 1. The van der Waals surface area contributed by atoms with E-state index in [1.54, 1.807) is 0 Å². The standard InChI is InChI=1S/C18H17N5O7S2/c1-3-4-30-22-11(10-7-32-18(19)20-10)14(25)21-12-15(26)23-13(17(27)28)9(5-29-8(2)24)6-31-16(12)23/h1,7,12,16H,4-6H2,2H3,(H2,19,20)(H,21,25)(H,27,28)/b22-11-/t12-,16-/m1/s1. The third-order valence-electron chi connectivity index (χ3n) is 4.27. The van der Waals surface area contributed by atoms with Gasteiger partial charge < -0.3 is 25.7 Å². The molecule has 0 bridgehead atoms. The van der Waals surface area contributed by atoms with Gasteiger partial charge in [0.05, 0.1) is 0 Å². The number of carbonyl (C=O) groups is 4. The van der Waals surface area contributed by atoms with Gasteiger partial charge in [0.1, 0.15) is 29.4 Å². The van der Waals surface area contributed by atoms with Gasteiger partial charge in [0.25, 0.3) is 11.8 Å². The molecule has 0 spiro atoms. The maximum Gasteiger partial charge on any atom is 0.352 e. The Morgan fingerprint density at radius 1 is 1.50 bits per heavy atom. The number of hydrogen-bond acceptors (Lipinski definition) is 11. The van der Waals surface area contributed by atoms with Crippen molar-refractivity contribution in [2.75, 3.05) is 24.7 Å². The molecule has 3 rings (SSSR count). The zero-order chi connectivity index (χ0) is 23.4. The van der Waals surface area contributed by atoms with Gasteiger partial charge in [-0.1, -0.05) is 11.1 Å². The summed E-state index contributed by atoms with van der Waals surface area (Å²) in [5.41, 5.74) is 5.54. The van der Waals surface area contributed by atoms with Crippen LogP contribution < -0.4 is 11.1 Å². The number of amides is 2. The first-order valence-electron chi connectivity index (χ1n) is 8.93. The van der Waals surface area contributed by atoms with E-state index in [2.05, 4.69) is 21.4 Å². The average molecular weight is 479 g/mol. The molecule has 4 N–H and O–H groups in total. The number of carbonyl (C=O) groups excluding carboxylic acids is 3. The van der Waals surface area contributed by atoms with E-state index in [-0.39, 0.29) is 46.8 Å². The Morgan fingerprint density at radius 3 is 2.84 bits per heavy atom. The lowest BCUT2D eigenvalue weighted by atomic mass is 10.0. The number of aromatic nitrogens is 1. The van der Waals surface area contributed by atoms with Gasteiger partial charge in [0, 0.05) is 23.6 Å². The summed E-state index contributed by atoms with van der Waals surface area (Å²) in [6.07, 6.45) is 5.11. The predicted molar refractivity (Wildman–Crippen MR) is 114 cm³/mol. The molecule has 0 unspecified atom stereocenters. The molecule has 0 radical (unpaired) electrons. The highest BCUT2D eigenvalue weighted by Gasteiger charge is 2.54. The Hall–Kier alpha value is -3.57. The number of β-lactam (4-membered cyclic amide) rings is 1. The number of thiazole rings is 1. The highest BCUT2D eigenvalue weighted by atomic mass is 32.2. The SMILES string of the molecule is C#CCO/N=C(\C(=O)N[C@@H]1C(=O)N2C(C(=O)O)=C(COC(C)=O)CS[C@H]12)c1csc(N)n1. The minimum atomic E-state index is -1.33. The molecule has 14 heteroatoms. The van der Waals surface area contributed by atoms with Crippen LogP contribution in [0, 0.1) is 12.3 Å². The van der Waals surface area contributed by atoms with E-state index in [4.69, 9.17) is 21.7 Å². The summed E-state index contributed by atoms with van der Waals surface area (Å²) in [5.74, 6) is -0.902. The van der Waals surface area contributed by atoms with Gasteiger partial charge in [-0.2, -0.15) is 0 Å². The Bertz CT molecular complexity index is 1070. The lowest BCUT2D eigenvalue weighted by Crippen LogP contribution is -2.71. The van der Waals surface area contributed by atoms with Crippen molar-refractivity contribution in [3.8, 4) is 12.3 Å². The van der Waals surface area contributed by atoms with Gasteiger partial charge in [0.2, 0.25) is 0 Å². The molecule has 0 aliphatic carbocycles. The maximum atomic E-state index is 12.8. The number of ether oxygens (including phenoxy) is 1. The first-order chi connectivity index (χ1) is 15.2. The summed E-state index contributed by atoms with van der Waals surface area (Å²) < 4.78 is 4.88. The molecule has 12 nitrogen and oxygen atoms in total. The molecular formula is C18H17N5O7S2. The first-order valence-corrected chi connectivity index (χ1v) is 10.9. The lowest BCUT2D eigenvalue weighted by Gasteiger charge is -2.49. The Balaban J connectivity index is 1.78. The summed E-state index contributed by atoms with van der Waals surface area (Å²) in [6, 6.07) is -1.01. The van der Waals surface area contributed by atoms with Crippen molar-refractivity contribution in [1.82, 2.24) is 15.2 Å². The monoisotopic (exact) mass is 479 g/mol. The second kappa shape index (κ2) is 9.71. The van der Waals surface area contributed by atoms with Crippen LogP contribution in [-0.4, -0.2) is 74.8 Å². The van der Waals surface area contributed by atoms with Crippen molar-refractivity contribution in [3.63, 3.8) is 0 Å². The molecule has 1 aromatic heterocycles. The smallest absolute Gasteiger partial charge is 0.352 e. The molecule has 168 valence electrons. The number of rotatable bonds is 8. The zero-order valence-electron chi connectivity index (χ0n) is 16.6. The Labute approximate surface area is 189 Å². The fourth-order valence-electron chi connectivity index (χ4n) is 2.93. The van der Waals surface area contributed by atoms with Gasteiger partial charge in [-0.15, -0.1) is 29.5 Å². The van der Waals surface area contributed by atoms with Crippen molar-refractivity contribution < 1.29 is 33.9 Å². The Morgan fingerprint density at radius 2 is 2.25 bits per heavy atom. The van der Waals surface area contributed by atoms with Crippen molar-refractivity contribution in [3.05, 3.63) is 22.3 Å². The van der Waals surface area contributed by atoms with E-state index in [1.165, 1.54) is 24.1 Å². The van der Waals surface area contributed by atoms with E-state index in [0.29, 0.717) is 0 Å². The van der Waals surface area contributed by atoms with Crippen LogP contribution >= 0.6 is 23.1 Å². The number of aliphatic carboxylic acids is 1. The molecule has 32 heavy (non-hydrogen) atoms. The summed E-state index contributed by atoms with van der Waals surface area (Å²) in [4.78, 5) is 58.3. The number of hydrogen-bond donors (Lipinski definition) is 3. The largest absolute Gasteiger partial charge is 0.477 e. The van der Waals surface area contributed by atoms with Crippen molar-refractivity contribution >= 4 is 57.7 Å². The van der Waals surface area contributed by atoms with Crippen LogP contribution in [0.25, 0.3) is 0 Å². The number of carboxylic acid groups (broad SMARTS) is 1. The van der Waals surface area contributed by atoms with E-state index in [9.17, 15) is 24.3 Å². The molecule has 2 atom stereocenters. The van der Waals surface area contributed by atoms with E-state index >= 15 is 0 Å². The number of nitrogen functional groups attached to an aromatic ring is 1. The number of anilines is 1. The molecule has 3 heterocycles. The van der Waals surface area contributed by atoms with Gasteiger partial charge in [-0.05, 0) is 0 Å².